The molecule has 2 nitrogen and oxygen atoms in total. The molecule has 0 aliphatic rings. The topological polar surface area (TPSA) is 24.9 Å². The van der Waals surface area contributed by atoms with Crippen LogP contribution >= 0.6 is 11.3 Å². The number of aryl methyl sites for hydroxylation is 3. The van der Waals surface area contributed by atoms with E-state index in [9.17, 15) is 0 Å². The Balaban J connectivity index is 2.03. The van der Waals surface area contributed by atoms with Crippen molar-refractivity contribution < 1.29 is 0 Å². The van der Waals surface area contributed by atoms with E-state index in [0.29, 0.717) is 6.04 Å². The van der Waals surface area contributed by atoms with Crippen LogP contribution in [0.25, 0.3) is 0 Å². The zero-order valence-corrected chi connectivity index (χ0v) is 12.3. The van der Waals surface area contributed by atoms with Gasteiger partial charge in [-0.05, 0) is 38.8 Å². The third kappa shape index (κ3) is 3.18. The van der Waals surface area contributed by atoms with Crippen LogP contribution in [0.15, 0.2) is 24.4 Å². The molecule has 0 saturated carbocycles. The first kappa shape index (κ1) is 13.2. The monoisotopic (exact) mass is 260 g/mol. The van der Waals surface area contributed by atoms with Gasteiger partial charge in [-0.15, -0.1) is 11.3 Å². The van der Waals surface area contributed by atoms with E-state index in [2.05, 4.69) is 56.2 Å². The zero-order valence-electron chi connectivity index (χ0n) is 11.4. The highest BCUT2D eigenvalue weighted by Crippen LogP contribution is 2.20. The highest BCUT2D eigenvalue weighted by atomic mass is 32.1. The van der Waals surface area contributed by atoms with Gasteiger partial charge in [0.2, 0.25) is 0 Å². The van der Waals surface area contributed by atoms with Gasteiger partial charge in [-0.2, -0.15) is 0 Å². The minimum Gasteiger partial charge on any atom is -0.304 e. The molecule has 1 N–H and O–H groups in total. The Morgan fingerprint density at radius 1 is 1.28 bits per heavy atom. The lowest BCUT2D eigenvalue weighted by Gasteiger charge is -2.16. The van der Waals surface area contributed by atoms with E-state index < -0.39 is 0 Å². The maximum absolute atomic E-state index is 4.38. The summed E-state index contributed by atoms with van der Waals surface area (Å²) >= 11 is 1.76. The molecule has 1 heterocycles. The molecule has 2 rings (SSSR count). The lowest BCUT2D eigenvalue weighted by molar-refractivity contribution is 0.570. The van der Waals surface area contributed by atoms with Gasteiger partial charge in [-0.25, -0.2) is 4.98 Å². The minimum absolute atomic E-state index is 0.356. The molecule has 0 spiro atoms. The number of hydrogen-bond donors (Lipinski definition) is 1. The Bertz CT molecular complexity index is 531. The first-order valence-electron chi connectivity index (χ1n) is 6.28. The second-order valence-corrected chi connectivity index (χ2v) is 6.15. The van der Waals surface area contributed by atoms with Crippen molar-refractivity contribution in [3.63, 3.8) is 0 Å². The van der Waals surface area contributed by atoms with Crippen LogP contribution in [-0.2, 0) is 6.54 Å². The number of benzene rings is 1. The molecule has 0 fully saturated rings. The SMILES string of the molecule is Cc1ccc(C)c(C(C)NCc2ncc(C)s2)c1. The normalized spacial score (nSPS) is 12.7. The van der Waals surface area contributed by atoms with Crippen molar-refractivity contribution in [2.24, 2.45) is 0 Å². The number of nitrogens with one attached hydrogen (secondary N) is 1. The van der Waals surface area contributed by atoms with Gasteiger partial charge in [0.25, 0.3) is 0 Å². The molecule has 1 unspecified atom stereocenters. The summed E-state index contributed by atoms with van der Waals surface area (Å²) in [6.07, 6.45) is 1.93. The van der Waals surface area contributed by atoms with E-state index in [4.69, 9.17) is 0 Å². The number of hydrogen-bond acceptors (Lipinski definition) is 3. The van der Waals surface area contributed by atoms with Gasteiger partial charge >= 0.3 is 0 Å². The molecular weight excluding hydrogens is 240 g/mol. The Hall–Kier alpha value is -1.19. The highest BCUT2D eigenvalue weighted by Gasteiger charge is 2.09. The van der Waals surface area contributed by atoms with Crippen LogP contribution in [0, 0.1) is 20.8 Å². The third-order valence-corrected chi connectivity index (χ3v) is 4.04. The van der Waals surface area contributed by atoms with Crippen LogP contribution in [0.2, 0.25) is 0 Å². The fourth-order valence-corrected chi connectivity index (χ4v) is 2.80. The van der Waals surface area contributed by atoms with Crippen molar-refractivity contribution in [3.05, 3.63) is 51.0 Å². The number of rotatable bonds is 4. The van der Waals surface area contributed by atoms with E-state index in [1.807, 2.05) is 6.20 Å². The van der Waals surface area contributed by atoms with Crippen LogP contribution in [0.4, 0.5) is 0 Å². The average molecular weight is 260 g/mol. The quantitative estimate of drug-likeness (QED) is 0.901. The predicted molar refractivity (Wildman–Crippen MR) is 78.0 cm³/mol. The molecule has 0 amide bonds. The molecule has 1 aromatic heterocycles. The first-order valence-corrected chi connectivity index (χ1v) is 7.10. The smallest absolute Gasteiger partial charge is 0.107 e. The van der Waals surface area contributed by atoms with Crippen LogP contribution in [0.5, 0.6) is 0 Å². The molecule has 1 atom stereocenters. The van der Waals surface area contributed by atoms with Crippen molar-refractivity contribution >= 4 is 11.3 Å². The van der Waals surface area contributed by atoms with Crippen LogP contribution < -0.4 is 5.32 Å². The number of nitrogens with zero attached hydrogens (tertiary/aromatic N) is 1. The number of thiazole rings is 1. The molecule has 2 aromatic rings. The maximum Gasteiger partial charge on any atom is 0.107 e. The van der Waals surface area contributed by atoms with E-state index in [0.717, 1.165) is 11.6 Å². The van der Waals surface area contributed by atoms with Gasteiger partial charge in [-0.1, -0.05) is 23.8 Å². The van der Waals surface area contributed by atoms with Crippen molar-refractivity contribution in [3.8, 4) is 0 Å². The predicted octanol–water partition coefficient (Wildman–Crippen LogP) is 3.92. The van der Waals surface area contributed by atoms with Crippen molar-refractivity contribution in [2.45, 2.75) is 40.3 Å². The lowest BCUT2D eigenvalue weighted by Crippen LogP contribution is -2.18. The summed E-state index contributed by atoms with van der Waals surface area (Å²) in [6.45, 7) is 9.45. The minimum atomic E-state index is 0.356. The van der Waals surface area contributed by atoms with Crippen LogP contribution in [-0.4, -0.2) is 4.98 Å². The first-order chi connectivity index (χ1) is 8.56. The van der Waals surface area contributed by atoms with Gasteiger partial charge in [0.05, 0.1) is 0 Å². The summed E-state index contributed by atoms with van der Waals surface area (Å²) < 4.78 is 0. The molecule has 0 bridgehead atoms. The summed E-state index contributed by atoms with van der Waals surface area (Å²) in [6, 6.07) is 6.97. The van der Waals surface area contributed by atoms with Crippen LogP contribution in [0.3, 0.4) is 0 Å². The second kappa shape index (κ2) is 5.63. The largest absolute Gasteiger partial charge is 0.304 e. The van der Waals surface area contributed by atoms with Gasteiger partial charge in [0.1, 0.15) is 5.01 Å². The van der Waals surface area contributed by atoms with Crippen molar-refractivity contribution in [2.75, 3.05) is 0 Å². The molecule has 96 valence electrons. The number of aromatic nitrogens is 1. The molecule has 1 aromatic carbocycles. The molecule has 0 aliphatic carbocycles. The van der Waals surface area contributed by atoms with Gasteiger partial charge in [0, 0.05) is 23.7 Å². The standard InChI is InChI=1S/C15H20N2S/c1-10-5-6-11(2)14(7-10)13(4)16-9-15-17-8-12(3)18-15/h5-8,13,16H,9H2,1-4H3. The fraction of sp³-hybridized carbons (Fsp3) is 0.400. The van der Waals surface area contributed by atoms with Crippen molar-refractivity contribution in [1.82, 2.24) is 10.3 Å². The van der Waals surface area contributed by atoms with Crippen molar-refractivity contribution in [1.29, 1.82) is 0 Å². The summed E-state index contributed by atoms with van der Waals surface area (Å²) in [5, 5.41) is 4.70. The fourth-order valence-electron chi connectivity index (χ4n) is 2.06. The van der Waals surface area contributed by atoms with Gasteiger partial charge < -0.3 is 5.32 Å². The van der Waals surface area contributed by atoms with E-state index in [1.165, 1.54) is 21.6 Å². The van der Waals surface area contributed by atoms with E-state index in [-0.39, 0.29) is 0 Å². The van der Waals surface area contributed by atoms with E-state index >= 15 is 0 Å². The molecule has 18 heavy (non-hydrogen) atoms. The molecule has 0 saturated heterocycles. The highest BCUT2D eigenvalue weighted by molar-refractivity contribution is 7.11. The zero-order chi connectivity index (χ0) is 13.1. The molecule has 0 radical (unpaired) electrons. The maximum atomic E-state index is 4.38. The Labute approximate surface area is 113 Å². The van der Waals surface area contributed by atoms with Crippen LogP contribution in [0.1, 0.15) is 39.5 Å². The van der Waals surface area contributed by atoms with E-state index in [1.54, 1.807) is 11.3 Å². The molecule has 3 heteroatoms. The Kier molecular flexibility index (Phi) is 4.15. The Morgan fingerprint density at radius 2 is 2.06 bits per heavy atom. The lowest BCUT2D eigenvalue weighted by atomic mass is 10.00. The average Bonchev–Trinajstić information content (AvgIpc) is 2.75. The molecule has 0 aliphatic heterocycles. The third-order valence-electron chi connectivity index (χ3n) is 3.13. The Morgan fingerprint density at radius 3 is 2.72 bits per heavy atom. The summed E-state index contributed by atoms with van der Waals surface area (Å²) in [5.41, 5.74) is 4.04. The summed E-state index contributed by atoms with van der Waals surface area (Å²) in [7, 11) is 0. The summed E-state index contributed by atoms with van der Waals surface area (Å²) in [5.74, 6) is 0. The van der Waals surface area contributed by atoms with Gasteiger partial charge in [-0.3, -0.25) is 0 Å². The second-order valence-electron chi connectivity index (χ2n) is 4.83. The van der Waals surface area contributed by atoms with Gasteiger partial charge in [0.15, 0.2) is 0 Å². The molecular formula is C15H20N2S. The summed E-state index contributed by atoms with van der Waals surface area (Å²) in [4.78, 5) is 5.65.